The van der Waals surface area contributed by atoms with Gasteiger partial charge < -0.3 is 31.2 Å². The fourth-order valence-electron chi connectivity index (χ4n) is 1.86. The van der Waals surface area contributed by atoms with E-state index in [-0.39, 0.29) is 25.0 Å². The Labute approximate surface area is 155 Å². The van der Waals surface area contributed by atoms with Gasteiger partial charge >= 0.3 is 12.2 Å². The Morgan fingerprint density at radius 3 is 1.96 bits per heavy atom. The number of carbonyl (C=O) groups is 3. The highest BCUT2D eigenvalue weighted by molar-refractivity contribution is 5.77. The second kappa shape index (κ2) is 10.8. The normalized spacial score (nSPS) is 12.7. The summed E-state index contributed by atoms with van der Waals surface area (Å²) < 4.78 is 10.4. The van der Waals surface area contributed by atoms with Crippen molar-refractivity contribution < 1.29 is 23.9 Å². The van der Waals surface area contributed by atoms with Crippen molar-refractivity contribution in [3.63, 3.8) is 0 Å². The van der Waals surface area contributed by atoms with E-state index in [9.17, 15) is 14.4 Å². The molecule has 0 fully saturated rings. The summed E-state index contributed by atoms with van der Waals surface area (Å²) in [6.07, 6.45) is 0.0492. The first-order valence-electron chi connectivity index (χ1n) is 8.75. The van der Waals surface area contributed by atoms with Gasteiger partial charge in [-0.3, -0.25) is 4.79 Å². The average molecular weight is 374 g/mol. The fraction of sp³-hybridized carbons (Fsp3) is 0.824. The van der Waals surface area contributed by atoms with Gasteiger partial charge in [0.25, 0.3) is 0 Å². The first-order valence-corrected chi connectivity index (χ1v) is 8.75. The van der Waals surface area contributed by atoms with Gasteiger partial charge in [-0.2, -0.15) is 0 Å². The molecule has 0 saturated carbocycles. The molecule has 0 aliphatic rings. The summed E-state index contributed by atoms with van der Waals surface area (Å²) in [6, 6.07) is -0.346. The predicted molar refractivity (Wildman–Crippen MR) is 98.7 cm³/mol. The van der Waals surface area contributed by atoms with Crippen molar-refractivity contribution in [1.29, 1.82) is 0 Å². The van der Waals surface area contributed by atoms with E-state index < -0.39 is 23.4 Å². The Morgan fingerprint density at radius 2 is 1.46 bits per heavy atom. The van der Waals surface area contributed by atoms with Crippen LogP contribution in [-0.4, -0.2) is 55.0 Å². The zero-order valence-electron chi connectivity index (χ0n) is 16.7. The number of carbonyl (C=O) groups excluding carboxylic acids is 3. The Kier molecular flexibility index (Phi) is 10.0. The zero-order chi connectivity index (χ0) is 20.4. The van der Waals surface area contributed by atoms with Crippen molar-refractivity contribution in [2.75, 3.05) is 19.6 Å². The minimum absolute atomic E-state index is 0.126. The molecular weight excluding hydrogens is 340 g/mol. The minimum atomic E-state index is -0.618. The van der Waals surface area contributed by atoms with Crippen LogP contribution in [0.25, 0.3) is 0 Å². The summed E-state index contributed by atoms with van der Waals surface area (Å²) in [5.41, 5.74) is 4.09. The summed E-state index contributed by atoms with van der Waals surface area (Å²) in [4.78, 5) is 34.8. The molecule has 26 heavy (non-hydrogen) atoms. The van der Waals surface area contributed by atoms with Gasteiger partial charge in [0.15, 0.2) is 0 Å². The first-order chi connectivity index (χ1) is 11.8. The molecule has 0 bridgehead atoms. The standard InChI is InChI=1S/C17H34N4O5/c1-16(2,3)25-14(23)19-9-7-8-12(11-20-13(22)10-18)21-15(24)26-17(4,5)6/h12H,7-11,18H2,1-6H3,(H,19,23)(H,20,22)(H,21,24)/t12-/m0/s1. The summed E-state index contributed by atoms with van der Waals surface area (Å²) in [6.45, 7) is 11.1. The molecule has 0 radical (unpaired) electrons. The molecule has 0 spiro atoms. The van der Waals surface area contributed by atoms with Gasteiger partial charge in [-0.25, -0.2) is 9.59 Å². The maximum Gasteiger partial charge on any atom is 0.407 e. The molecule has 5 N–H and O–H groups in total. The fourth-order valence-corrected chi connectivity index (χ4v) is 1.86. The van der Waals surface area contributed by atoms with Gasteiger partial charge in [-0.1, -0.05) is 0 Å². The van der Waals surface area contributed by atoms with E-state index in [1.165, 1.54) is 0 Å². The largest absolute Gasteiger partial charge is 0.444 e. The molecule has 0 aromatic rings. The molecule has 0 aliphatic carbocycles. The van der Waals surface area contributed by atoms with Gasteiger partial charge in [0.05, 0.1) is 6.54 Å². The number of nitrogens with two attached hydrogens (primary N) is 1. The van der Waals surface area contributed by atoms with E-state index in [1.807, 2.05) is 0 Å². The molecule has 152 valence electrons. The van der Waals surface area contributed by atoms with Crippen LogP contribution < -0.4 is 21.7 Å². The lowest BCUT2D eigenvalue weighted by Crippen LogP contribution is -2.46. The number of amides is 3. The molecule has 9 heteroatoms. The van der Waals surface area contributed by atoms with Gasteiger partial charge in [-0.05, 0) is 54.4 Å². The van der Waals surface area contributed by atoms with E-state index in [1.54, 1.807) is 41.5 Å². The van der Waals surface area contributed by atoms with E-state index in [0.717, 1.165) is 0 Å². The van der Waals surface area contributed by atoms with Crippen molar-refractivity contribution in [1.82, 2.24) is 16.0 Å². The second-order valence-electron chi connectivity index (χ2n) is 7.92. The van der Waals surface area contributed by atoms with E-state index in [0.29, 0.717) is 19.4 Å². The zero-order valence-corrected chi connectivity index (χ0v) is 16.7. The van der Waals surface area contributed by atoms with Crippen molar-refractivity contribution >= 4 is 18.1 Å². The molecule has 9 nitrogen and oxygen atoms in total. The third-order valence-corrected chi connectivity index (χ3v) is 2.85. The topological polar surface area (TPSA) is 132 Å². The summed E-state index contributed by atoms with van der Waals surface area (Å²) in [7, 11) is 0. The average Bonchev–Trinajstić information content (AvgIpc) is 2.44. The smallest absolute Gasteiger partial charge is 0.407 e. The van der Waals surface area contributed by atoms with Crippen molar-refractivity contribution in [2.24, 2.45) is 5.73 Å². The maximum absolute atomic E-state index is 11.9. The van der Waals surface area contributed by atoms with E-state index in [2.05, 4.69) is 16.0 Å². The Hall–Kier alpha value is -2.03. The lowest BCUT2D eigenvalue weighted by Gasteiger charge is -2.24. The first kappa shape index (κ1) is 24.0. The molecule has 0 aliphatic heterocycles. The molecular formula is C17H34N4O5. The third kappa shape index (κ3) is 14.3. The van der Waals surface area contributed by atoms with E-state index in [4.69, 9.17) is 15.2 Å². The highest BCUT2D eigenvalue weighted by atomic mass is 16.6. The molecule has 0 unspecified atom stereocenters. The van der Waals surface area contributed by atoms with Crippen molar-refractivity contribution in [2.45, 2.75) is 71.6 Å². The van der Waals surface area contributed by atoms with Crippen LogP contribution in [0.1, 0.15) is 54.4 Å². The number of alkyl carbamates (subject to hydrolysis) is 2. The monoisotopic (exact) mass is 374 g/mol. The van der Waals surface area contributed by atoms with Crippen molar-refractivity contribution in [3.05, 3.63) is 0 Å². The molecule has 0 saturated heterocycles. The number of nitrogens with one attached hydrogen (secondary N) is 3. The highest BCUT2D eigenvalue weighted by Crippen LogP contribution is 2.08. The molecule has 3 amide bonds. The van der Waals surface area contributed by atoms with Crippen molar-refractivity contribution in [3.8, 4) is 0 Å². The summed E-state index contributed by atoms with van der Waals surface area (Å²) in [5.74, 6) is -0.312. The quantitative estimate of drug-likeness (QED) is 0.473. The number of ether oxygens (including phenoxy) is 2. The number of hydrogen-bond acceptors (Lipinski definition) is 6. The number of rotatable bonds is 8. The lowest BCUT2D eigenvalue weighted by atomic mass is 10.1. The Balaban J connectivity index is 4.41. The van der Waals surface area contributed by atoms with Crippen LogP contribution in [0.15, 0.2) is 0 Å². The second-order valence-corrected chi connectivity index (χ2v) is 7.92. The molecule has 0 heterocycles. The van der Waals surface area contributed by atoms with Crippen LogP contribution in [0.5, 0.6) is 0 Å². The van der Waals surface area contributed by atoms with E-state index >= 15 is 0 Å². The van der Waals surface area contributed by atoms with Crippen LogP contribution in [0, 0.1) is 0 Å². The SMILES string of the molecule is CC(C)(C)OC(=O)NCCC[C@@H](CNC(=O)CN)NC(=O)OC(C)(C)C. The van der Waals surface area contributed by atoms with Crippen LogP contribution >= 0.6 is 0 Å². The predicted octanol–water partition coefficient (Wildman–Crippen LogP) is 1.26. The van der Waals surface area contributed by atoms with Crippen LogP contribution in [0.2, 0.25) is 0 Å². The van der Waals surface area contributed by atoms with Gasteiger partial charge in [0, 0.05) is 19.1 Å². The summed E-state index contributed by atoms with van der Waals surface area (Å²) in [5, 5.41) is 8.00. The Morgan fingerprint density at radius 1 is 0.923 bits per heavy atom. The van der Waals surface area contributed by atoms with Crippen LogP contribution in [0.4, 0.5) is 9.59 Å². The van der Waals surface area contributed by atoms with Gasteiger partial charge in [-0.15, -0.1) is 0 Å². The highest BCUT2D eigenvalue weighted by Gasteiger charge is 2.20. The van der Waals surface area contributed by atoms with Gasteiger partial charge in [0.2, 0.25) is 5.91 Å². The molecule has 0 rings (SSSR count). The molecule has 0 aromatic carbocycles. The summed E-state index contributed by atoms with van der Waals surface area (Å²) >= 11 is 0. The van der Waals surface area contributed by atoms with Crippen LogP contribution in [-0.2, 0) is 14.3 Å². The molecule has 1 atom stereocenters. The number of hydrogen-bond donors (Lipinski definition) is 4. The maximum atomic E-state index is 11.9. The van der Waals surface area contributed by atoms with Gasteiger partial charge in [0.1, 0.15) is 11.2 Å². The Bertz CT molecular complexity index is 469. The minimum Gasteiger partial charge on any atom is -0.444 e. The molecule has 0 aromatic heterocycles. The lowest BCUT2D eigenvalue weighted by molar-refractivity contribution is -0.119. The third-order valence-electron chi connectivity index (χ3n) is 2.85. The van der Waals surface area contributed by atoms with Crippen LogP contribution in [0.3, 0.4) is 0 Å².